The van der Waals surface area contributed by atoms with Gasteiger partial charge in [-0.05, 0) is 12.5 Å². The van der Waals surface area contributed by atoms with E-state index in [1.807, 2.05) is 7.05 Å². The van der Waals surface area contributed by atoms with Crippen LogP contribution in [0.5, 0.6) is 0 Å². The third-order valence-electron chi connectivity index (χ3n) is 2.74. The van der Waals surface area contributed by atoms with E-state index in [1.54, 1.807) is 17.3 Å². The lowest BCUT2D eigenvalue weighted by atomic mass is 10.2. The number of anilines is 1. The molecular weight excluding hydrogens is 276 g/mol. The fraction of sp³-hybridized carbons (Fsp3) is 0.692. The van der Waals surface area contributed by atoms with Crippen molar-refractivity contribution in [2.75, 3.05) is 37.0 Å². The molecule has 7 heteroatoms. The number of hydrogen-bond donors (Lipinski definition) is 1. The average Bonchev–Trinajstić information content (AvgIpc) is 2.35. The Morgan fingerprint density at radius 1 is 1.30 bits per heavy atom. The molecule has 0 saturated carbocycles. The smallest absolute Gasteiger partial charge is 0.149 e. The van der Waals surface area contributed by atoms with Gasteiger partial charge in [0.25, 0.3) is 0 Å². The van der Waals surface area contributed by atoms with E-state index < -0.39 is 9.84 Å². The SMILES string of the molecule is CC(C)CNCc1cnc(N(C)CCS(C)(=O)=O)cn1. The molecule has 0 amide bonds. The van der Waals surface area contributed by atoms with Crippen molar-refractivity contribution in [3.05, 3.63) is 18.1 Å². The molecule has 0 aliphatic heterocycles. The second kappa shape index (κ2) is 7.54. The summed E-state index contributed by atoms with van der Waals surface area (Å²) in [6.07, 6.45) is 4.63. The topological polar surface area (TPSA) is 75.2 Å². The van der Waals surface area contributed by atoms with Gasteiger partial charge in [-0.25, -0.2) is 13.4 Å². The molecule has 1 aromatic heterocycles. The maximum atomic E-state index is 11.1. The minimum absolute atomic E-state index is 0.114. The predicted octanol–water partition coefficient (Wildman–Crippen LogP) is 0.703. The molecule has 0 saturated heterocycles. The molecule has 0 spiro atoms. The molecule has 1 aromatic rings. The van der Waals surface area contributed by atoms with Crippen LogP contribution in [0.3, 0.4) is 0 Å². The first-order chi connectivity index (χ1) is 9.28. The van der Waals surface area contributed by atoms with Gasteiger partial charge in [-0.1, -0.05) is 13.8 Å². The van der Waals surface area contributed by atoms with Crippen molar-refractivity contribution in [1.29, 1.82) is 0 Å². The van der Waals surface area contributed by atoms with Gasteiger partial charge in [0.15, 0.2) is 0 Å². The molecule has 1 heterocycles. The van der Waals surface area contributed by atoms with Gasteiger partial charge in [0.1, 0.15) is 15.7 Å². The Bertz CT molecular complexity index is 500. The van der Waals surface area contributed by atoms with Crippen LogP contribution in [0.25, 0.3) is 0 Å². The standard InChI is InChI=1S/C13H24N4O2S/c1-11(2)7-14-8-12-9-16-13(10-15-12)17(3)5-6-20(4,18)19/h9-11,14H,5-8H2,1-4H3. The van der Waals surface area contributed by atoms with Crippen LogP contribution in [0.2, 0.25) is 0 Å². The molecule has 0 aliphatic carbocycles. The highest BCUT2D eigenvalue weighted by molar-refractivity contribution is 7.90. The van der Waals surface area contributed by atoms with Gasteiger partial charge >= 0.3 is 0 Å². The van der Waals surface area contributed by atoms with E-state index in [9.17, 15) is 8.42 Å². The van der Waals surface area contributed by atoms with Gasteiger partial charge in [-0.2, -0.15) is 0 Å². The molecule has 0 radical (unpaired) electrons. The van der Waals surface area contributed by atoms with Crippen LogP contribution in [0.1, 0.15) is 19.5 Å². The zero-order chi connectivity index (χ0) is 15.2. The van der Waals surface area contributed by atoms with Crippen LogP contribution in [0, 0.1) is 5.92 Å². The normalized spacial score (nSPS) is 11.8. The van der Waals surface area contributed by atoms with E-state index in [-0.39, 0.29) is 5.75 Å². The monoisotopic (exact) mass is 300 g/mol. The van der Waals surface area contributed by atoms with Crippen molar-refractivity contribution in [1.82, 2.24) is 15.3 Å². The predicted molar refractivity (Wildman–Crippen MR) is 81.6 cm³/mol. The number of hydrogen-bond acceptors (Lipinski definition) is 6. The quantitative estimate of drug-likeness (QED) is 0.762. The number of rotatable bonds is 8. The van der Waals surface area contributed by atoms with E-state index in [1.165, 1.54) is 6.26 Å². The lowest BCUT2D eigenvalue weighted by Gasteiger charge is -2.17. The van der Waals surface area contributed by atoms with E-state index in [2.05, 4.69) is 29.1 Å². The molecule has 6 nitrogen and oxygen atoms in total. The maximum Gasteiger partial charge on any atom is 0.149 e. The minimum Gasteiger partial charge on any atom is -0.357 e. The number of nitrogens with zero attached hydrogens (tertiary/aromatic N) is 3. The third-order valence-corrected chi connectivity index (χ3v) is 3.66. The van der Waals surface area contributed by atoms with Crippen LogP contribution < -0.4 is 10.2 Å². The van der Waals surface area contributed by atoms with Crippen molar-refractivity contribution in [2.24, 2.45) is 5.92 Å². The first-order valence-corrected chi connectivity index (χ1v) is 8.74. The molecule has 0 bridgehead atoms. The summed E-state index contributed by atoms with van der Waals surface area (Å²) >= 11 is 0. The first-order valence-electron chi connectivity index (χ1n) is 6.68. The zero-order valence-electron chi connectivity index (χ0n) is 12.6. The van der Waals surface area contributed by atoms with Gasteiger partial charge in [-0.15, -0.1) is 0 Å². The van der Waals surface area contributed by atoms with Crippen molar-refractivity contribution in [3.63, 3.8) is 0 Å². The molecule has 20 heavy (non-hydrogen) atoms. The third kappa shape index (κ3) is 6.81. The second-order valence-electron chi connectivity index (χ2n) is 5.44. The van der Waals surface area contributed by atoms with Crippen LogP contribution in [-0.4, -0.2) is 50.5 Å². The second-order valence-corrected chi connectivity index (χ2v) is 7.70. The summed E-state index contributed by atoms with van der Waals surface area (Å²) in [4.78, 5) is 10.4. The van der Waals surface area contributed by atoms with Gasteiger partial charge in [0.05, 0.1) is 23.8 Å². The Morgan fingerprint density at radius 2 is 2.00 bits per heavy atom. The maximum absolute atomic E-state index is 11.1. The van der Waals surface area contributed by atoms with Gasteiger partial charge in [0, 0.05) is 26.4 Å². The van der Waals surface area contributed by atoms with Crippen LogP contribution >= 0.6 is 0 Å². The van der Waals surface area contributed by atoms with Crippen LogP contribution in [0.4, 0.5) is 5.82 Å². The summed E-state index contributed by atoms with van der Waals surface area (Å²) in [5.41, 5.74) is 0.880. The highest BCUT2D eigenvalue weighted by atomic mass is 32.2. The largest absolute Gasteiger partial charge is 0.357 e. The lowest BCUT2D eigenvalue weighted by Crippen LogP contribution is -2.26. The first kappa shape index (κ1) is 16.8. The van der Waals surface area contributed by atoms with Gasteiger partial charge < -0.3 is 10.2 Å². The summed E-state index contributed by atoms with van der Waals surface area (Å²) in [6.45, 7) is 6.35. The summed E-state index contributed by atoms with van der Waals surface area (Å²) < 4.78 is 22.2. The zero-order valence-corrected chi connectivity index (χ0v) is 13.4. The minimum atomic E-state index is -2.96. The molecule has 0 aliphatic rings. The summed E-state index contributed by atoms with van der Waals surface area (Å²) in [5, 5.41) is 3.30. The summed E-state index contributed by atoms with van der Waals surface area (Å²) in [5.74, 6) is 1.40. The van der Waals surface area contributed by atoms with E-state index in [4.69, 9.17) is 0 Å². The molecule has 1 N–H and O–H groups in total. The molecule has 0 atom stereocenters. The Hall–Kier alpha value is -1.21. The van der Waals surface area contributed by atoms with Crippen LogP contribution in [0.15, 0.2) is 12.4 Å². The Labute approximate surface area is 121 Å². The highest BCUT2D eigenvalue weighted by Crippen LogP contribution is 2.06. The molecule has 114 valence electrons. The molecule has 0 aromatic carbocycles. The number of nitrogens with one attached hydrogen (secondary N) is 1. The van der Waals surface area contributed by atoms with E-state index >= 15 is 0 Å². The Balaban J connectivity index is 2.49. The molecule has 0 unspecified atom stereocenters. The van der Waals surface area contributed by atoms with Crippen LogP contribution in [-0.2, 0) is 16.4 Å². The van der Waals surface area contributed by atoms with E-state index in [0.29, 0.717) is 24.8 Å². The summed E-state index contributed by atoms with van der Waals surface area (Å²) in [7, 11) is -1.14. The number of aromatic nitrogens is 2. The van der Waals surface area contributed by atoms with Crippen molar-refractivity contribution >= 4 is 15.7 Å². The van der Waals surface area contributed by atoms with E-state index in [0.717, 1.165) is 12.2 Å². The highest BCUT2D eigenvalue weighted by Gasteiger charge is 2.08. The average molecular weight is 300 g/mol. The molecule has 1 rings (SSSR count). The Morgan fingerprint density at radius 3 is 2.50 bits per heavy atom. The van der Waals surface area contributed by atoms with Crippen molar-refractivity contribution in [3.8, 4) is 0 Å². The van der Waals surface area contributed by atoms with Crippen molar-refractivity contribution in [2.45, 2.75) is 20.4 Å². The molecular formula is C13H24N4O2S. The fourth-order valence-electron chi connectivity index (χ4n) is 1.54. The lowest BCUT2D eigenvalue weighted by molar-refractivity contribution is 0.547. The summed E-state index contributed by atoms with van der Waals surface area (Å²) in [6, 6.07) is 0. The Kier molecular flexibility index (Phi) is 6.35. The number of sulfone groups is 1. The van der Waals surface area contributed by atoms with Gasteiger partial charge in [0.2, 0.25) is 0 Å². The van der Waals surface area contributed by atoms with Crippen molar-refractivity contribution < 1.29 is 8.42 Å². The fourth-order valence-corrected chi connectivity index (χ4v) is 2.15. The van der Waals surface area contributed by atoms with Gasteiger partial charge in [-0.3, -0.25) is 4.98 Å². The molecule has 0 fully saturated rings.